The molecule has 0 aliphatic carbocycles. The van der Waals surface area contributed by atoms with Crippen LogP contribution in [0.2, 0.25) is 0 Å². The van der Waals surface area contributed by atoms with Crippen LogP contribution in [0.1, 0.15) is 74.2 Å². The zero-order valence-electron chi connectivity index (χ0n) is 42.2. The van der Waals surface area contributed by atoms with Gasteiger partial charge in [-0.15, -0.1) is 16.4 Å². The molecule has 20 heteroatoms. The lowest BCUT2D eigenvalue weighted by atomic mass is 9.77. The van der Waals surface area contributed by atoms with E-state index in [4.69, 9.17) is 19.3 Å². The van der Waals surface area contributed by atoms with Crippen LogP contribution in [0.25, 0.3) is 0 Å². The average molecular weight is 1080 g/mol. The number of tetrazole rings is 1. The standard InChI is InChI=1S/C56H53N9O8S3/c1-54(2,3)72-51(69)55(4,5)73-61-43(42-34-75-52(57-42)59-56(39-26-16-9-17-27-39,40-28-18-10-19-29-40)41-30-20-11-21-31-41)47(66)58-44-48(67)65-45(38(35-76(70)49(44)65)32-33-74-53-60-62-63-64(53)6)50(68)71-46(36-22-12-7-13-23-36)37-24-14-8-15-25-37/h7-34,44,46,49H,35H2,1-6H3,(H,57,59)(H,58,66). The van der Waals surface area contributed by atoms with Gasteiger partial charge in [-0.1, -0.05) is 169 Å². The number of aryl methyl sites for hydroxylation is 1. The number of amides is 2. The number of anilines is 1. The van der Waals surface area contributed by atoms with E-state index in [9.17, 15) is 23.4 Å². The number of benzene rings is 5. The number of esters is 2. The van der Waals surface area contributed by atoms with E-state index < -0.39 is 74.5 Å². The summed E-state index contributed by atoms with van der Waals surface area (Å²) < 4.78 is 27.8. The molecule has 2 aliphatic heterocycles. The van der Waals surface area contributed by atoms with Gasteiger partial charge in [-0.25, -0.2) is 19.3 Å². The number of allylic oxidation sites excluding steroid dienone is 1. The third-order valence-electron chi connectivity index (χ3n) is 12.2. The first kappa shape index (κ1) is 52.8. The van der Waals surface area contributed by atoms with Crippen molar-refractivity contribution >= 4 is 68.5 Å². The van der Waals surface area contributed by atoms with Crippen molar-refractivity contribution in [3.05, 3.63) is 213 Å². The Balaban J connectivity index is 1.06. The Morgan fingerprint density at radius 1 is 0.816 bits per heavy atom. The highest BCUT2D eigenvalue weighted by Crippen LogP contribution is 2.42. The first-order valence-electron chi connectivity index (χ1n) is 24.0. The number of fused-ring (bicyclic) bond motifs is 1. The fourth-order valence-corrected chi connectivity index (χ4v) is 11.6. The fraction of sp³-hybridized carbons (Fsp3) is 0.232. The molecule has 2 aliphatic rings. The Morgan fingerprint density at radius 2 is 1.36 bits per heavy atom. The topological polar surface area (TPSA) is 209 Å². The SMILES string of the molecule is Cn1nnnc1SC=CC1=C(C(=O)OC(c2ccccc2)c2ccccc2)N2C(=O)C(NC(=O)C(=NOC(C)(C)C(=O)OC(C)(C)C)c3csc(NC(c4ccccc4)(c4ccccc4)c4ccccc4)n3)C2S(=O)C1. The van der Waals surface area contributed by atoms with Gasteiger partial charge in [0.1, 0.15) is 33.9 Å². The largest absolute Gasteiger partial charge is 0.457 e. The van der Waals surface area contributed by atoms with E-state index in [2.05, 4.69) is 31.3 Å². The van der Waals surface area contributed by atoms with Crippen LogP contribution in [-0.4, -0.2) is 92.1 Å². The molecule has 76 heavy (non-hydrogen) atoms. The van der Waals surface area contributed by atoms with Gasteiger partial charge < -0.3 is 24.9 Å². The molecule has 3 unspecified atom stereocenters. The summed E-state index contributed by atoms with van der Waals surface area (Å²) >= 11 is 2.34. The van der Waals surface area contributed by atoms with Crippen molar-refractivity contribution in [3.63, 3.8) is 0 Å². The maximum atomic E-state index is 14.9. The quantitative estimate of drug-likeness (QED) is 0.0207. The highest BCUT2D eigenvalue weighted by atomic mass is 32.2. The van der Waals surface area contributed by atoms with Gasteiger partial charge in [0, 0.05) is 12.4 Å². The smallest absolute Gasteiger partial charge is 0.356 e. The van der Waals surface area contributed by atoms with Gasteiger partial charge in [-0.3, -0.25) is 18.7 Å². The first-order valence-corrected chi connectivity index (χ1v) is 27.2. The molecule has 0 radical (unpaired) electrons. The van der Waals surface area contributed by atoms with Gasteiger partial charge in [0.15, 0.2) is 16.9 Å². The molecule has 0 bridgehead atoms. The second-order valence-electron chi connectivity index (χ2n) is 19.1. The molecule has 9 rings (SSSR count). The average Bonchev–Trinajstić information content (AvgIpc) is 4.09. The Labute approximate surface area is 449 Å². The molecule has 0 spiro atoms. The van der Waals surface area contributed by atoms with Gasteiger partial charge in [0.25, 0.3) is 11.8 Å². The van der Waals surface area contributed by atoms with E-state index in [0.29, 0.717) is 21.4 Å². The van der Waals surface area contributed by atoms with Crippen molar-refractivity contribution in [2.75, 3.05) is 11.1 Å². The molecule has 1 saturated heterocycles. The summed E-state index contributed by atoms with van der Waals surface area (Å²) in [6, 6.07) is 46.6. The third kappa shape index (κ3) is 11.3. The van der Waals surface area contributed by atoms with Gasteiger partial charge in [0.05, 0.1) is 16.6 Å². The number of thioether (sulfide) groups is 1. The summed E-state index contributed by atoms with van der Waals surface area (Å²) in [5.41, 5.74) is 0.216. The summed E-state index contributed by atoms with van der Waals surface area (Å²) in [5.74, 6) is -3.48. The van der Waals surface area contributed by atoms with Crippen molar-refractivity contribution in [1.29, 1.82) is 0 Å². The summed E-state index contributed by atoms with van der Waals surface area (Å²) in [4.78, 5) is 69.6. The number of thiazole rings is 1. The first-order chi connectivity index (χ1) is 36.5. The Morgan fingerprint density at radius 3 is 1.87 bits per heavy atom. The monoisotopic (exact) mass is 1080 g/mol. The van der Waals surface area contributed by atoms with Crippen molar-refractivity contribution in [2.24, 2.45) is 12.2 Å². The number of oxime groups is 1. The molecular formula is C56H53N9O8S3. The minimum absolute atomic E-state index is 0.0292. The van der Waals surface area contributed by atoms with E-state index in [-0.39, 0.29) is 22.7 Å². The van der Waals surface area contributed by atoms with E-state index in [1.165, 1.54) is 29.9 Å². The zero-order chi connectivity index (χ0) is 53.6. The van der Waals surface area contributed by atoms with Crippen LogP contribution in [-0.2, 0) is 56.9 Å². The lowest BCUT2D eigenvalue weighted by molar-refractivity contribution is -0.179. The number of nitrogens with zero attached hydrogens (tertiary/aromatic N) is 7. The van der Waals surface area contributed by atoms with E-state index >= 15 is 0 Å². The van der Waals surface area contributed by atoms with Crippen molar-refractivity contribution < 1.29 is 37.7 Å². The number of rotatable bonds is 18. The van der Waals surface area contributed by atoms with Gasteiger partial charge in [-0.05, 0) is 89.9 Å². The lowest BCUT2D eigenvalue weighted by Gasteiger charge is -2.49. The van der Waals surface area contributed by atoms with Crippen molar-refractivity contribution in [3.8, 4) is 0 Å². The van der Waals surface area contributed by atoms with E-state index in [1.807, 2.05) is 152 Å². The second kappa shape index (κ2) is 22.4. The highest BCUT2D eigenvalue weighted by molar-refractivity contribution is 8.02. The summed E-state index contributed by atoms with van der Waals surface area (Å²) in [5, 5.41) is 25.1. The minimum Gasteiger partial charge on any atom is -0.457 e. The van der Waals surface area contributed by atoms with Crippen LogP contribution < -0.4 is 10.6 Å². The molecule has 4 heterocycles. The molecule has 7 aromatic rings. The van der Waals surface area contributed by atoms with Gasteiger partial charge in [0.2, 0.25) is 10.8 Å². The molecular weight excluding hydrogens is 1020 g/mol. The number of hydrogen-bond donors (Lipinski definition) is 2. The van der Waals surface area contributed by atoms with Crippen LogP contribution in [0.4, 0.5) is 5.13 Å². The van der Waals surface area contributed by atoms with Crippen LogP contribution in [0.3, 0.4) is 0 Å². The fourth-order valence-electron chi connectivity index (χ4n) is 8.56. The van der Waals surface area contributed by atoms with E-state index in [1.54, 1.807) is 44.7 Å². The second-order valence-corrected chi connectivity index (χ2v) is 22.4. The maximum absolute atomic E-state index is 14.9. The number of β-lactam (4-membered cyclic amide) rings is 1. The summed E-state index contributed by atoms with van der Waals surface area (Å²) in [6.07, 6.45) is 0.692. The van der Waals surface area contributed by atoms with Crippen LogP contribution in [0, 0.1) is 0 Å². The molecule has 3 atom stereocenters. The number of carbonyl (C=O) groups is 4. The van der Waals surface area contributed by atoms with Gasteiger partial charge >= 0.3 is 11.9 Å². The van der Waals surface area contributed by atoms with Crippen LogP contribution in [0.5, 0.6) is 0 Å². The number of carbonyl (C=O) groups excluding carboxylic acids is 4. The summed E-state index contributed by atoms with van der Waals surface area (Å²) in [6.45, 7) is 8.03. The molecule has 1 fully saturated rings. The maximum Gasteiger partial charge on any atom is 0.356 e. The normalized spacial score (nSPS) is 17.0. The highest BCUT2D eigenvalue weighted by Gasteiger charge is 2.58. The number of nitrogens with one attached hydrogen (secondary N) is 2. The van der Waals surface area contributed by atoms with Gasteiger partial charge in [-0.2, -0.15) is 0 Å². The Hall–Kier alpha value is -8.07. The Kier molecular flexibility index (Phi) is 15.6. The molecule has 5 aromatic carbocycles. The Bertz CT molecular complexity index is 3210. The molecule has 2 aromatic heterocycles. The summed E-state index contributed by atoms with van der Waals surface area (Å²) in [7, 11) is -0.214. The molecule has 2 N–H and O–H groups in total. The van der Waals surface area contributed by atoms with Crippen LogP contribution in [0.15, 0.2) is 190 Å². The van der Waals surface area contributed by atoms with Crippen LogP contribution >= 0.6 is 23.1 Å². The molecule has 2 amide bonds. The molecule has 17 nitrogen and oxygen atoms in total. The predicted octanol–water partition coefficient (Wildman–Crippen LogP) is 8.22. The van der Waals surface area contributed by atoms with E-state index in [0.717, 1.165) is 33.4 Å². The number of ether oxygens (including phenoxy) is 2. The molecule has 0 saturated carbocycles. The number of hydrogen-bond acceptors (Lipinski definition) is 16. The molecule has 388 valence electrons. The minimum atomic E-state index is -1.88. The third-order valence-corrected chi connectivity index (χ3v) is 15.4. The zero-order valence-corrected chi connectivity index (χ0v) is 44.7. The predicted molar refractivity (Wildman–Crippen MR) is 290 cm³/mol. The number of aromatic nitrogens is 5. The van der Waals surface area contributed by atoms with Crippen molar-refractivity contribution in [1.82, 2.24) is 35.4 Å². The lowest BCUT2D eigenvalue weighted by Crippen LogP contribution is -2.74. The van der Waals surface area contributed by atoms with Crippen molar-refractivity contribution in [2.45, 2.75) is 74.0 Å².